The summed E-state index contributed by atoms with van der Waals surface area (Å²) in [6.07, 6.45) is 0. The first-order valence-corrected chi connectivity index (χ1v) is 8.31. The van der Waals surface area contributed by atoms with Gasteiger partial charge >= 0.3 is 0 Å². The van der Waals surface area contributed by atoms with Gasteiger partial charge in [-0.15, -0.1) is 24.0 Å². The Morgan fingerprint density at radius 1 is 1.15 bits per heavy atom. The number of benzene rings is 2. The van der Waals surface area contributed by atoms with Crippen molar-refractivity contribution in [2.45, 2.75) is 33.9 Å². The molecule has 0 saturated carbocycles. The van der Waals surface area contributed by atoms with Crippen molar-refractivity contribution in [3.8, 4) is 0 Å². The number of nitrogens with one attached hydrogen (secondary N) is 2. The van der Waals surface area contributed by atoms with E-state index < -0.39 is 4.92 Å². The van der Waals surface area contributed by atoms with Crippen LogP contribution in [0.1, 0.15) is 29.2 Å². The van der Waals surface area contributed by atoms with Crippen molar-refractivity contribution in [2.75, 3.05) is 6.54 Å². The molecule has 0 aliphatic carbocycles. The number of aryl methyl sites for hydroxylation is 2. The number of guanidine groups is 1. The zero-order valence-electron chi connectivity index (χ0n) is 15.3. The number of halogens is 1. The minimum absolute atomic E-state index is 0. The molecule has 2 rings (SSSR count). The van der Waals surface area contributed by atoms with Gasteiger partial charge in [-0.05, 0) is 37.5 Å². The van der Waals surface area contributed by atoms with Gasteiger partial charge in [-0.3, -0.25) is 10.1 Å². The van der Waals surface area contributed by atoms with E-state index >= 15 is 0 Å². The Morgan fingerprint density at radius 3 is 2.58 bits per heavy atom. The molecule has 0 unspecified atom stereocenters. The van der Waals surface area contributed by atoms with Gasteiger partial charge in [0.2, 0.25) is 0 Å². The van der Waals surface area contributed by atoms with E-state index in [1.807, 2.05) is 13.0 Å². The summed E-state index contributed by atoms with van der Waals surface area (Å²) in [5.41, 5.74) is 4.58. The van der Waals surface area contributed by atoms with Crippen LogP contribution in [0, 0.1) is 24.0 Å². The Hall–Kier alpha value is -2.16. The normalized spacial score (nSPS) is 10.8. The number of hydrogen-bond donors (Lipinski definition) is 2. The van der Waals surface area contributed by atoms with Crippen LogP contribution in [0.15, 0.2) is 47.5 Å². The molecule has 0 saturated heterocycles. The number of hydrogen-bond acceptors (Lipinski definition) is 3. The Labute approximate surface area is 171 Å². The van der Waals surface area contributed by atoms with Gasteiger partial charge in [-0.25, -0.2) is 4.99 Å². The average Bonchev–Trinajstić information content (AvgIpc) is 2.59. The minimum atomic E-state index is -0.392. The van der Waals surface area contributed by atoms with Crippen molar-refractivity contribution in [3.05, 3.63) is 74.8 Å². The van der Waals surface area contributed by atoms with E-state index in [1.165, 1.54) is 22.8 Å². The number of nitrogens with zero attached hydrogens (tertiary/aromatic N) is 2. The fourth-order valence-corrected chi connectivity index (χ4v) is 2.50. The van der Waals surface area contributed by atoms with Crippen molar-refractivity contribution >= 4 is 35.6 Å². The van der Waals surface area contributed by atoms with Crippen molar-refractivity contribution in [2.24, 2.45) is 4.99 Å². The van der Waals surface area contributed by atoms with Crippen LogP contribution in [0.5, 0.6) is 0 Å². The zero-order valence-corrected chi connectivity index (χ0v) is 17.6. The number of nitro benzene ring substituents is 1. The topological polar surface area (TPSA) is 79.6 Å². The first-order valence-electron chi connectivity index (χ1n) is 8.31. The lowest BCUT2D eigenvalue weighted by atomic mass is 10.1. The van der Waals surface area contributed by atoms with Gasteiger partial charge in [0, 0.05) is 25.2 Å². The van der Waals surface area contributed by atoms with Gasteiger partial charge < -0.3 is 10.6 Å². The molecule has 0 aliphatic rings. The third-order valence-corrected chi connectivity index (χ3v) is 3.83. The van der Waals surface area contributed by atoms with Crippen LogP contribution in [-0.4, -0.2) is 17.4 Å². The molecular formula is C19H25IN4O2. The molecule has 0 aliphatic heterocycles. The molecule has 0 heterocycles. The maximum atomic E-state index is 10.9. The highest BCUT2D eigenvalue weighted by Crippen LogP contribution is 2.14. The zero-order chi connectivity index (χ0) is 18.2. The second-order valence-electron chi connectivity index (χ2n) is 5.91. The van der Waals surface area contributed by atoms with Gasteiger partial charge in [0.25, 0.3) is 5.69 Å². The van der Waals surface area contributed by atoms with E-state index in [1.54, 1.807) is 12.1 Å². The van der Waals surface area contributed by atoms with E-state index in [4.69, 9.17) is 0 Å². The second kappa shape index (κ2) is 10.7. The molecule has 0 fully saturated rings. The van der Waals surface area contributed by atoms with Crippen LogP contribution < -0.4 is 10.6 Å². The molecule has 0 amide bonds. The van der Waals surface area contributed by atoms with Crippen LogP contribution >= 0.6 is 24.0 Å². The summed E-state index contributed by atoms with van der Waals surface area (Å²) >= 11 is 0. The van der Waals surface area contributed by atoms with Gasteiger partial charge in [0.1, 0.15) is 0 Å². The fraction of sp³-hybridized carbons (Fsp3) is 0.316. The fourth-order valence-electron chi connectivity index (χ4n) is 2.50. The molecule has 0 spiro atoms. The summed E-state index contributed by atoms with van der Waals surface area (Å²) in [4.78, 5) is 15.0. The van der Waals surface area contributed by atoms with Crippen LogP contribution in [0.2, 0.25) is 0 Å². The third kappa shape index (κ3) is 6.62. The van der Waals surface area contributed by atoms with Gasteiger partial charge in [0.15, 0.2) is 5.96 Å². The van der Waals surface area contributed by atoms with Crippen molar-refractivity contribution in [1.82, 2.24) is 10.6 Å². The van der Waals surface area contributed by atoms with E-state index in [0.29, 0.717) is 19.0 Å². The predicted molar refractivity (Wildman–Crippen MR) is 116 cm³/mol. The largest absolute Gasteiger partial charge is 0.357 e. The Bertz CT molecular complexity index is 778. The first-order chi connectivity index (χ1) is 12.0. The predicted octanol–water partition coefficient (Wildman–Crippen LogP) is 4.08. The Kier molecular flexibility index (Phi) is 9.04. The highest BCUT2D eigenvalue weighted by atomic mass is 127. The monoisotopic (exact) mass is 468 g/mol. The molecule has 2 N–H and O–H groups in total. The minimum Gasteiger partial charge on any atom is -0.357 e. The molecule has 6 nitrogen and oxygen atoms in total. The van der Waals surface area contributed by atoms with Gasteiger partial charge in [-0.2, -0.15) is 0 Å². The van der Waals surface area contributed by atoms with Crippen LogP contribution in [-0.2, 0) is 13.1 Å². The van der Waals surface area contributed by atoms with Crippen molar-refractivity contribution in [1.29, 1.82) is 0 Å². The summed E-state index contributed by atoms with van der Waals surface area (Å²) in [6, 6.07) is 12.9. The van der Waals surface area contributed by atoms with E-state index in [-0.39, 0.29) is 29.7 Å². The molecule has 140 valence electrons. The third-order valence-electron chi connectivity index (χ3n) is 3.83. The highest BCUT2D eigenvalue weighted by Gasteiger charge is 2.06. The summed E-state index contributed by atoms with van der Waals surface area (Å²) in [5.74, 6) is 0.689. The smallest absolute Gasteiger partial charge is 0.269 e. The molecular weight excluding hydrogens is 443 g/mol. The highest BCUT2D eigenvalue weighted by molar-refractivity contribution is 14.0. The summed E-state index contributed by atoms with van der Waals surface area (Å²) in [6.45, 7) is 7.97. The Balaban J connectivity index is 0.00000338. The average molecular weight is 468 g/mol. The van der Waals surface area contributed by atoms with E-state index in [0.717, 1.165) is 12.1 Å². The van der Waals surface area contributed by atoms with E-state index in [9.17, 15) is 10.1 Å². The van der Waals surface area contributed by atoms with Crippen LogP contribution in [0.4, 0.5) is 5.69 Å². The lowest BCUT2D eigenvalue weighted by Crippen LogP contribution is -2.36. The summed E-state index contributed by atoms with van der Waals surface area (Å²) in [7, 11) is 0. The Morgan fingerprint density at radius 2 is 1.92 bits per heavy atom. The molecule has 0 aromatic heterocycles. The molecule has 26 heavy (non-hydrogen) atoms. The quantitative estimate of drug-likeness (QED) is 0.220. The maximum Gasteiger partial charge on any atom is 0.269 e. The molecule has 0 bridgehead atoms. The molecule has 2 aromatic rings. The lowest BCUT2D eigenvalue weighted by Gasteiger charge is -2.13. The number of non-ortho nitro benzene ring substituents is 1. The van der Waals surface area contributed by atoms with Crippen molar-refractivity contribution < 1.29 is 4.92 Å². The maximum absolute atomic E-state index is 10.9. The number of aliphatic imine (C=N–C) groups is 1. The SMILES string of the molecule is CCNC(=NCc1cccc([N+](=O)[O-])c1)NCc1ccc(C)cc1C.I. The van der Waals surface area contributed by atoms with Gasteiger partial charge in [-0.1, -0.05) is 35.9 Å². The van der Waals surface area contributed by atoms with E-state index in [2.05, 4.69) is 47.7 Å². The standard InChI is InChI=1S/C19H24N4O2.HI/c1-4-20-19(22-13-17-9-8-14(2)10-15(17)3)21-12-16-6-5-7-18(11-16)23(24)25;/h5-11H,4,12-13H2,1-3H3,(H2,20,21,22);1H. The van der Waals surface area contributed by atoms with Crippen molar-refractivity contribution in [3.63, 3.8) is 0 Å². The molecule has 7 heteroatoms. The van der Waals surface area contributed by atoms with Gasteiger partial charge in [0.05, 0.1) is 11.5 Å². The van der Waals surface area contributed by atoms with Crippen LogP contribution in [0.25, 0.3) is 0 Å². The molecule has 2 aromatic carbocycles. The molecule has 0 atom stereocenters. The van der Waals surface area contributed by atoms with Crippen LogP contribution in [0.3, 0.4) is 0 Å². The second-order valence-corrected chi connectivity index (χ2v) is 5.91. The first kappa shape index (κ1) is 21.9. The molecule has 0 radical (unpaired) electrons. The number of rotatable bonds is 6. The summed E-state index contributed by atoms with van der Waals surface area (Å²) in [5, 5.41) is 17.4. The number of nitro groups is 1. The summed E-state index contributed by atoms with van der Waals surface area (Å²) < 4.78 is 0. The lowest BCUT2D eigenvalue weighted by molar-refractivity contribution is -0.384.